The number of amides is 1. The first-order valence-electron chi connectivity index (χ1n) is 4.72. The third kappa shape index (κ3) is 5.11. The molecule has 7 nitrogen and oxygen atoms in total. The lowest BCUT2D eigenvalue weighted by Gasteiger charge is -2.05. The summed E-state index contributed by atoms with van der Waals surface area (Å²) < 4.78 is 6.24. The molecule has 1 heterocycles. The molecule has 0 fully saturated rings. The molecule has 1 amide bonds. The van der Waals surface area contributed by atoms with Crippen LogP contribution in [-0.2, 0) is 20.9 Å². The van der Waals surface area contributed by atoms with Crippen molar-refractivity contribution in [1.29, 1.82) is 0 Å². The summed E-state index contributed by atoms with van der Waals surface area (Å²) in [4.78, 5) is 21.3. The normalized spacial score (nSPS) is 10.0. The third-order valence-electron chi connectivity index (χ3n) is 1.66. The van der Waals surface area contributed by atoms with E-state index in [9.17, 15) is 9.59 Å². The predicted octanol–water partition coefficient (Wildman–Crippen LogP) is -0.899. The number of carbonyl (C=O) groups excluding carboxylic acids is 1. The zero-order valence-corrected chi connectivity index (χ0v) is 8.63. The molecule has 0 aliphatic carbocycles. The lowest BCUT2D eigenvalue weighted by Crippen LogP contribution is -2.31. The van der Waals surface area contributed by atoms with Gasteiger partial charge in [0.2, 0.25) is 5.91 Å². The summed E-state index contributed by atoms with van der Waals surface area (Å²) in [5.74, 6) is -1.22. The van der Waals surface area contributed by atoms with Crippen molar-refractivity contribution in [2.24, 2.45) is 0 Å². The molecule has 1 rings (SSSR count). The molecule has 1 aromatic rings. The molecule has 16 heavy (non-hydrogen) atoms. The Morgan fingerprint density at radius 1 is 1.50 bits per heavy atom. The van der Waals surface area contributed by atoms with Crippen LogP contribution in [0, 0.1) is 0 Å². The van der Waals surface area contributed by atoms with Crippen LogP contribution in [-0.4, -0.2) is 46.5 Å². The van der Waals surface area contributed by atoms with Crippen molar-refractivity contribution in [2.45, 2.75) is 6.54 Å². The number of aromatic nitrogens is 2. The summed E-state index contributed by atoms with van der Waals surface area (Å²) in [6.45, 7) is 0.255. The number of carboxylic acids is 1. The van der Waals surface area contributed by atoms with Crippen LogP contribution in [0.5, 0.6) is 0 Å². The molecule has 0 aromatic carbocycles. The van der Waals surface area contributed by atoms with Crippen LogP contribution in [0.25, 0.3) is 0 Å². The monoisotopic (exact) mass is 227 g/mol. The Morgan fingerprint density at radius 2 is 2.31 bits per heavy atom. The van der Waals surface area contributed by atoms with Crippen molar-refractivity contribution in [3.05, 3.63) is 18.5 Å². The van der Waals surface area contributed by atoms with E-state index in [1.165, 1.54) is 4.68 Å². The van der Waals surface area contributed by atoms with Crippen molar-refractivity contribution in [1.82, 2.24) is 15.1 Å². The Balaban J connectivity index is 2.05. The van der Waals surface area contributed by atoms with E-state index in [1.54, 1.807) is 18.5 Å². The Hall–Kier alpha value is -1.89. The van der Waals surface area contributed by atoms with Gasteiger partial charge in [0.1, 0.15) is 13.2 Å². The average molecular weight is 227 g/mol. The van der Waals surface area contributed by atoms with E-state index >= 15 is 0 Å². The maximum atomic E-state index is 11.3. The zero-order chi connectivity index (χ0) is 11.8. The van der Waals surface area contributed by atoms with Crippen LogP contribution in [0.1, 0.15) is 0 Å². The molecule has 0 atom stereocenters. The van der Waals surface area contributed by atoms with E-state index < -0.39 is 5.97 Å². The molecule has 0 unspecified atom stereocenters. The number of nitrogens with zero attached hydrogens (tertiary/aromatic N) is 2. The summed E-state index contributed by atoms with van der Waals surface area (Å²) in [5, 5.41) is 14.7. The van der Waals surface area contributed by atoms with Gasteiger partial charge >= 0.3 is 5.97 Å². The Labute approximate surface area is 92.0 Å². The van der Waals surface area contributed by atoms with Gasteiger partial charge in [0.05, 0.1) is 6.61 Å². The van der Waals surface area contributed by atoms with Crippen molar-refractivity contribution in [3.63, 3.8) is 0 Å². The summed E-state index contributed by atoms with van der Waals surface area (Å²) in [6, 6.07) is 1.73. The van der Waals surface area contributed by atoms with E-state index in [4.69, 9.17) is 9.84 Å². The van der Waals surface area contributed by atoms with Gasteiger partial charge in [-0.25, -0.2) is 4.79 Å². The molecule has 0 spiro atoms. The first kappa shape index (κ1) is 12.2. The summed E-state index contributed by atoms with van der Waals surface area (Å²) in [7, 11) is 0. The summed E-state index contributed by atoms with van der Waals surface area (Å²) >= 11 is 0. The number of carboxylic acid groups (broad SMARTS) is 1. The minimum Gasteiger partial charge on any atom is -0.480 e. The summed E-state index contributed by atoms with van der Waals surface area (Å²) in [6.07, 6.45) is 3.27. The van der Waals surface area contributed by atoms with Gasteiger partial charge in [0.15, 0.2) is 0 Å². The SMILES string of the molecule is O=C(O)COCCNC(=O)Cn1cccn1. The Kier molecular flexibility index (Phi) is 5.00. The van der Waals surface area contributed by atoms with Crippen LogP contribution in [0.15, 0.2) is 18.5 Å². The first-order valence-corrected chi connectivity index (χ1v) is 4.72. The standard InChI is InChI=1S/C9H13N3O4/c13-8(6-12-4-1-2-11-12)10-3-5-16-7-9(14)15/h1-2,4H,3,5-7H2,(H,10,13)(H,14,15). The average Bonchev–Trinajstić information content (AvgIpc) is 2.69. The highest BCUT2D eigenvalue weighted by Crippen LogP contribution is 1.83. The van der Waals surface area contributed by atoms with Crippen molar-refractivity contribution < 1.29 is 19.4 Å². The van der Waals surface area contributed by atoms with E-state index in [2.05, 4.69) is 10.4 Å². The highest BCUT2D eigenvalue weighted by Gasteiger charge is 2.02. The molecule has 0 bridgehead atoms. The summed E-state index contributed by atoms with van der Waals surface area (Å²) in [5.41, 5.74) is 0. The number of rotatable bonds is 7. The van der Waals surface area contributed by atoms with Gasteiger partial charge < -0.3 is 15.2 Å². The largest absolute Gasteiger partial charge is 0.480 e. The number of carbonyl (C=O) groups is 2. The number of hydrogen-bond acceptors (Lipinski definition) is 4. The fraction of sp³-hybridized carbons (Fsp3) is 0.444. The number of hydrogen-bond donors (Lipinski definition) is 2. The molecule has 88 valence electrons. The molecule has 0 aliphatic rings. The fourth-order valence-electron chi connectivity index (χ4n) is 1.02. The molecule has 0 saturated carbocycles. The Morgan fingerprint density at radius 3 is 2.94 bits per heavy atom. The van der Waals surface area contributed by atoms with Crippen molar-refractivity contribution in [2.75, 3.05) is 19.8 Å². The maximum absolute atomic E-state index is 11.3. The number of nitrogens with one attached hydrogen (secondary N) is 1. The van der Waals surface area contributed by atoms with Crippen LogP contribution in [0.4, 0.5) is 0 Å². The van der Waals surface area contributed by atoms with Gasteiger partial charge in [0.25, 0.3) is 0 Å². The zero-order valence-electron chi connectivity index (χ0n) is 8.63. The van der Waals surface area contributed by atoms with Gasteiger partial charge in [-0.05, 0) is 6.07 Å². The molecule has 7 heteroatoms. The number of ether oxygens (including phenoxy) is 1. The highest BCUT2D eigenvalue weighted by atomic mass is 16.5. The fourth-order valence-corrected chi connectivity index (χ4v) is 1.02. The highest BCUT2D eigenvalue weighted by molar-refractivity contribution is 5.75. The van der Waals surface area contributed by atoms with Gasteiger partial charge in [0, 0.05) is 18.9 Å². The smallest absolute Gasteiger partial charge is 0.329 e. The van der Waals surface area contributed by atoms with Crippen LogP contribution < -0.4 is 5.32 Å². The van der Waals surface area contributed by atoms with Gasteiger partial charge in [-0.15, -0.1) is 0 Å². The van der Waals surface area contributed by atoms with E-state index in [0.717, 1.165) is 0 Å². The van der Waals surface area contributed by atoms with Crippen molar-refractivity contribution in [3.8, 4) is 0 Å². The quantitative estimate of drug-likeness (QED) is 0.589. The van der Waals surface area contributed by atoms with Crippen molar-refractivity contribution >= 4 is 11.9 Å². The minimum atomic E-state index is -1.03. The number of aliphatic carboxylic acids is 1. The molecule has 1 aromatic heterocycles. The second kappa shape index (κ2) is 6.57. The van der Waals surface area contributed by atoms with Gasteiger partial charge in [-0.2, -0.15) is 5.10 Å². The van der Waals surface area contributed by atoms with E-state index in [1.807, 2.05) is 0 Å². The first-order chi connectivity index (χ1) is 7.68. The van der Waals surface area contributed by atoms with Gasteiger partial charge in [-0.1, -0.05) is 0 Å². The second-order valence-electron chi connectivity index (χ2n) is 3.00. The third-order valence-corrected chi connectivity index (χ3v) is 1.66. The molecule has 0 radical (unpaired) electrons. The molecular formula is C9H13N3O4. The van der Waals surface area contributed by atoms with Crippen LogP contribution >= 0.6 is 0 Å². The molecule has 0 aliphatic heterocycles. The molecule has 0 saturated heterocycles. The maximum Gasteiger partial charge on any atom is 0.329 e. The second-order valence-corrected chi connectivity index (χ2v) is 3.00. The van der Waals surface area contributed by atoms with E-state index in [-0.39, 0.29) is 32.2 Å². The molecular weight excluding hydrogens is 214 g/mol. The lowest BCUT2D eigenvalue weighted by molar-refractivity contribution is -0.142. The van der Waals surface area contributed by atoms with Gasteiger partial charge in [-0.3, -0.25) is 9.48 Å². The predicted molar refractivity (Wildman–Crippen MR) is 53.7 cm³/mol. The van der Waals surface area contributed by atoms with Crippen LogP contribution in [0.2, 0.25) is 0 Å². The van der Waals surface area contributed by atoms with Crippen LogP contribution in [0.3, 0.4) is 0 Å². The lowest BCUT2D eigenvalue weighted by atomic mass is 10.5. The molecule has 2 N–H and O–H groups in total. The van der Waals surface area contributed by atoms with E-state index in [0.29, 0.717) is 0 Å². The topological polar surface area (TPSA) is 93.5 Å². The Bertz CT molecular complexity index is 337. The minimum absolute atomic E-state index is 0.145.